The first kappa shape index (κ1) is 12.0. The molecule has 0 spiro atoms. The fourth-order valence-corrected chi connectivity index (χ4v) is 2.23. The number of likely N-dealkylation sites (tertiary alicyclic amines) is 1. The van der Waals surface area contributed by atoms with Crippen LogP contribution in [0.4, 0.5) is 4.39 Å². The van der Waals surface area contributed by atoms with Crippen LogP contribution in [0.1, 0.15) is 24.9 Å². The number of amides is 1. The van der Waals surface area contributed by atoms with Crippen LogP contribution in [-0.2, 0) is 4.79 Å². The third-order valence-corrected chi connectivity index (χ3v) is 3.10. The maximum atomic E-state index is 13.0. The van der Waals surface area contributed by atoms with Gasteiger partial charge in [-0.2, -0.15) is 0 Å². The Bertz CT molecular complexity index is 422. The van der Waals surface area contributed by atoms with E-state index in [2.05, 4.69) is 0 Å². The van der Waals surface area contributed by atoms with E-state index >= 15 is 0 Å². The summed E-state index contributed by atoms with van der Waals surface area (Å²) in [5.41, 5.74) is 6.72. The van der Waals surface area contributed by atoms with Gasteiger partial charge in [0.1, 0.15) is 5.82 Å². The van der Waals surface area contributed by atoms with Gasteiger partial charge in [0.15, 0.2) is 0 Å². The zero-order chi connectivity index (χ0) is 12.4. The summed E-state index contributed by atoms with van der Waals surface area (Å²) < 4.78 is 13.0. The highest BCUT2D eigenvalue weighted by molar-refractivity contribution is 5.78. The van der Waals surface area contributed by atoms with E-state index in [1.54, 1.807) is 17.0 Å². The standard InChI is InChI=1S/C13H17FN2O/c1-9-5-13(17)16(7-9)8-12(15)10-3-2-4-11(14)6-10/h2-4,6,9,12H,5,7-8,15H2,1H3. The van der Waals surface area contributed by atoms with Gasteiger partial charge < -0.3 is 10.6 Å². The molecule has 1 aliphatic rings. The van der Waals surface area contributed by atoms with Crippen LogP contribution in [0.25, 0.3) is 0 Å². The van der Waals surface area contributed by atoms with Crippen molar-refractivity contribution in [2.75, 3.05) is 13.1 Å². The molecule has 1 saturated heterocycles. The number of hydrogen-bond acceptors (Lipinski definition) is 2. The molecular formula is C13H17FN2O. The summed E-state index contributed by atoms with van der Waals surface area (Å²) in [7, 11) is 0. The van der Waals surface area contributed by atoms with E-state index in [9.17, 15) is 9.18 Å². The van der Waals surface area contributed by atoms with E-state index in [4.69, 9.17) is 5.73 Å². The van der Waals surface area contributed by atoms with Crippen LogP contribution in [0.5, 0.6) is 0 Å². The van der Waals surface area contributed by atoms with Crippen LogP contribution in [-0.4, -0.2) is 23.9 Å². The number of nitrogens with zero attached hydrogens (tertiary/aromatic N) is 1. The van der Waals surface area contributed by atoms with Crippen molar-refractivity contribution >= 4 is 5.91 Å². The first-order chi connectivity index (χ1) is 8.06. The normalized spacial score (nSPS) is 21.9. The monoisotopic (exact) mass is 236 g/mol. The third kappa shape index (κ3) is 2.82. The zero-order valence-corrected chi connectivity index (χ0v) is 9.90. The molecule has 0 bridgehead atoms. The lowest BCUT2D eigenvalue weighted by Crippen LogP contribution is -2.33. The summed E-state index contributed by atoms with van der Waals surface area (Å²) in [5.74, 6) is 0.241. The molecule has 2 rings (SSSR count). The van der Waals surface area contributed by atoms with E-state index in [0.717, 1.165) is 12.1 Å². The van der Waals surface area contributed by atoms with Gasteiger partial charge in [-0.1, -0.05) is 19.1 Å². The van der Waals surface area contributed by atoms with Gasteiger partial charge in [-0.3, -0.25) is 4.79 Å². The second kappa shape index (κ2) is 4.84. The van der Waals surface area contributed by atoms with E-state index in [0.29, 0.717) is 18.9 Å². The Kier molecular flexibility index (Phi) is 3.43. The molecular weight excluding hydrogens is 219 g/mol. The van der Waals surface area contributed by atoms with E-state index < -0.39 is 0 Å². The van der Waals surface area contributed by atoms with Crippen molar-refractivity contribution < 1.29 is 9.18 Å². The molecule has 4 heteroatoms. The average Bonchev–Trinajstić information content (AvgIpc) is 2.57. The Morgan fingerprint density at radius 2 is 2.35 bits per heavy atom. The second-order valence-corrected chi connectivity index (χ2v) is 4.77. The van der Waals surface area contributed by atoms with E-state index in [1.165, 1.54) is 12.1 Å². The highest BCUT2D eigenvalue weighted by Crippen LogP contribution is 2.20. The zero-order valence-electron chi connectivity index (χ0n) is 9.90. The summed E-state index contributed by atoms with van der Waals surface area (Å²) in [5, 5.41) is 0. The summed E-state index contributed by atoms with van der Waals surface area (Å²) in [6, 6.07) is 5.92. The molecule has 2 unspecified atom stereocenters. The van der Waals surface area contributed by atoms with E-state index in [1.807, 2.05) is 6.92 Å². The molecule has 1 fully saturated rings. The van der Waals surface area contributed by atoms with Gasteiger partial charge in [0, 0.05) is 25.6 Å². The van der Waals surface area contributed by atoms with Crippen molar-refractivity contribution in [2.45, 2.75) is 19.4 Å². The van der Waals surface area contributed by atoms with Crippen LogP contribution in [0.15, 0.2) is 24.3 Å². The summed E-state index contributed by atoms with van der Waals surface area (Å²) in [6.45, 7) is 3.26. The SMILES string of the molecule is CC1CC(=O)N(CC(N)c2cccc(F)c2)C1. The minimum absolute atomic E-state index is 0.143. The number of carbonyl (C=O) groups is 1. The lowest BCUT2D eigenvalue weighted by Gasteiger charge is -2.21. The molecule has 0 radical (unpaired) electrons. The van der Waals surface area contributed by atoms with Crippen molar-refractivity contribution in [3.8, 4) is 0 Å². The van der Waals surface area contributed by atoms with Gasteiger partial charge in [-0.15, -0.1) is 0 Å². The third-order valence-electron chi connectivity index (χ3n) is 3.10. The lowest BCUT2D eigenvalue weighted by molar-refractivity contribution is -0.127. The maximum Gasteiger partial charge on any atom is 0.222 e. The highest BCUT2D eigenvalue weighted by atomic mass is 19.1. The minimum Gasteiger partial charge on any atom is -0.341 e. The number of carbonyl (C=O) groups excluding carboxylic acids is 1. The molecule has 0 aromatic heterocycles. The predicted octanol–water partition coefficient (Wildman–Crippen LogP) is 1.69. The maximum absolute atomic E-state index is 13.0. The highest BCUT2D eigenvalue weighted by Gasteiger charge is 2.27. The number of halogens is 1. The number of nitrogens with two attached hydrogens (primary N) is 1. The lowest BCUT2D eigenvalue weighted by atomic mass is 10.1. The van der Waals surface area contributed by atoms with E-state index in [-0.39, 0.29) is 17.8 Å². The molecule has 2 N–H and O–H groups in total. The Labute approximate surface area is 100 Å². The van der Waals surface area contributed by atoms with Crippen molar-refractivity contribution in [3.63, 3.8) is 0 Å². The molecule has 0 saturated carbocycles. The van der Waals surface area contributed by atoms with Crippen LogP contribution < -0.4 is 5.73 Å². The molecule has 1 aliphatic heterocycles. The van der Waals surface area contributed by atoms with Gasteiger partial charge in [0.05, 0.1) is 0 Å². The molecule has 92 valence electrons. The van der Waals surface area contributed by atoms with Crippen LogP contribution in [0.3, 0.4) is 0 Å². The molecule has 2 atom stereocenters. The largest absolute Gasteiger partial charge is 0.341 e. The Hall–Kier alpha value is -1.42. The second-order valence-electron chi connectivity index (χ2n) is 4.77. The van der Waals surface area contributed by atoms with Crippen LogP contribution in [0, 0.1) is 11.7 Å². The molecule has 1 amide bonds. The van der Waals surface area contributed by atoms with Gasteiger partial charge in [-0.25, -0.2) is 4.39 Å². The van der Waals surface area contributed by atoms with Crippen molar-refractivity contribution in [2.24, 2.45) is 11.7 Å². The Morgan fingerprint density at radius 3 is 2.94 bits per heavy atom. The Balaban J connectivity index is 2.02. The predicted molar refractivity (Wildman–Crippen MR) is 63.7 cm³/mol. The smallest absolute Gasteiger partial charge is 0.222 e. The molecule has 1 aromatic carbocycles. The fourth-order valence-electron chi connectivity index (χ4n) is 2.23. The first-order valence-corrected chi connectivity index (χ1v) is 5.85. The van der Waals surface area contributed by atoms with Gasteiger partial charge in [-0.05, 0) is 23.6 Å². The molecule has 17 heavy (non-hydrogen) atoms. The summed E-state index contributed by atoms with van der Waals surface area (Å²) >= 11 is 0. The molecule has 3 nitrogen and oxygen atoms in total. The summed E-state index contributed by atoms with van der Waals surface area (Å²) in [6.07, 6.45) is 0.593. The minimum atomic E-state index is -0.319. The fraction of sp³-hybridized carbons (Fsp3) is 0.462. The topological polar surface area (TPSA) is 46.3 Å². The molecule has 1 heterocycles. The van der Waals surface area contributed by atoms with Crippen LogP contribution in [0.2, 0.25) is 0 Å². The van der Waals surface area contributed by atoms with Crippen molar-refractivity contribution in [3.05, 3.63) is 35.6 Å². The summed E-state index contributed by atoms with van der Waals surface area (Å²) in [4.78, 5) is 13.4. The van der Waals surface area contributed by atoms with Gasteiger partial charge >= 0.3 is 0 Å². The molecule has 0 aliphatic carbocycles. The van der Waals surface area contributed by atoms with Gasteiger partial charge in [0.25, 0.3) is 0 Å². The van der Waals surface area contributed by atoms with Crippen LogP contribution >= 0.6 is 0 Å². The number of hydrogen-bond donors (Lipinski definition) is 1. The number of benzene rings is 1. The quantitative estimate of drug-likeness (QED) is 0.868. The number of rotatable bonds is 3. The van der Waals surface area contributed by atoms with Gasteiger partial charge in [0.2, 0.25) is 5.91 Å². The molecule has 1 aromatic rings. The van der Waals surface area contributed by atoms with Crippen molar-refractivity contribution in [1.29, 1.82) is 0 Å². The first-order valence-electron chi connectivity index (χ1n) is 5.85. The van der Waals surface area contributed by atoms with Crippen molar-refractivity contribution in [1.82, 2.24) is 4.90 Å². The Morgan fingerprint density at radius 1 is 1.59 bits per heavy atom. The average molecular weight is 236 g/mol.